The Morgan fingerprint density at radius 1 is 1.04 bits per heavy atom. The molecule has 0 saturated heterocycles. The van der Waals surface area contributed by atoms with Gasteiger partial charge in [0, 0.05) is 24.9 Å². The molecule has 0 aliphatic heterocycles. The molecule has 0 unspecified atom stereocenters. The predicted molar refractivity (Wildman–Crippen MR) is 94.8 cm³/mol. The lowest BCUT2D eigenvalue weighted by molar-refractivity contribution is -0.118. The van der Waals surface area contributed by atoms with Crippen LogP contribution in [0.5, 0.6) is 0 Å². The van der Waals surface area contributed by atoms with Gasteiger partial charge in [-0.15, -0.1) is 11.3 Å². The standard InChI is InChI=1S/C15H18N2O5S3/c1-11(18)17-8-9-24(19,20)13-3-5-14(6-4-13)25(21,22)15-7-2-12(10-16)23-15/h2-7H,8-10,16H2,1H3,(H,17,18). The quantitative estimate of drug-likeness (QED) is 0.711. The van der Waals surface area contributed by atoms with E-state index in [9.17, 15) is 21.6 Å². The summed E-state index contributed by atoms with van der Waals surface area (Å²) in [7, 11) is -7.31. The number of hydrogen-bond acceptors (Lipinski definition) is 7. The molecule has 0 fully saturated rings. The zero-order valence-corrected chi connectivity index (χ0v) is 15.9. The fraction of sp³-hybridized carbons (Fsp3) is 0.267. The maximum Gasteiger partial charge on any atom is 0.216 e. The van der Waals surface area contributed by atoms with Crippen LogP contribution in [0.25, 0.3) is 0 Å². The number of carbonyl (C=O) groups excluding carboxylic acids is 1. The van der Waals surface area contributed by atoms with E-state index in [-0.39, 0.29) is 38.7 Å². The van der Waals surface area contributed by atoms with E-state index in [1.54, 1.807) is 6.07 Å². The largest absolute Gasteiger partial charge is 0.355 e. The van der Waals surface area contributed by atoms with Crippen molar-refractivity contribution in [2.24, 2.45) is 5.73 Å². The molecule has 1 heterocycles. The molecule has 1 aromatic heterocycles. The summed E-state index contributed by atoms with van der Waals surface area (Å²) in [5, 5.41) is 2.41. The van der Waals surface area contributed by atoms with Crippen molar-refractivity contribution < 1.29 is 21.6 Å². The first-order valence-electron chi connectivity index (χ1n) is 7.28. The molecule has 7 nitrogen and oxygen atoms in total. The summed E-state index contributed by atoms with van der Waals surface area (Å²) in [6, 6.07) is 8.18. The van der Waals surface area contributed by atoms with Gasteiger partial charge >= 0.3 is 0 Å². The van der Waals surface area contributed by atoms with E-state index in [4.69, 9.17) is 5.73 Å². The Bertz CT molecular complexity index is 961. The summed E-state index contributed by atoms with van der Waals surface area (Å²) in [4.78, 5) is 11.6. The molecule has 0 aliphatic carbocycles. The highest BCUT2D eigenvalue weighted by Crippen LogP contribution is 2.28. The van der Waals surface area contributed by atoms with Crippen molar-refractivity contribution in [3.05, 3.63) is 41.3 Å². The fourth-order valence-electron chi connectivity index (χ4n) is 2.03. The summed E-state index contributed by atoms with van der Waals surface area (Å²) in [5.74, 6) is -0.576. The Balaban J connectivity index is 2.22. The molecule has 25 heavy (non-hydrogen) atoms. The normalized spacial score (nSPS) is 12.1. The van der Waals surface area contributed by atoms with Crippen LogP contribution >= 0.6 is 11.3 Å². The second-order valence-electron chi connectivity index (χ2n) is 5.20. The van der Waals surface area contributed by atoms with Crippen molar-refractivity contribution in [1.82, 2.24) is 5.32 Å². The summed E-state index contributed by atoms with van der Waals surface area (Å²) in [6.07, 6.45) is 0. The number of sulfone groups is 2. The van der Waals surface area contributed by atoms with Gasteiger partial charge in [-0.05, 0) is 36.4 Å². The van der Waals surface area contributed by atoms with Gasteiger partial charge in [-0.2, -0.15) is 0 Å². The van der Waals surface area contributed by atoms with Crippen LogP contribution in [0.2, 0.25) is 0 Å². The van der Waals surface area contributed by atoms with Gasteiger partial charge in [0.2, 0.25) is 15.7 Å². The van der Waals surface area contributed by atoms with Gasteiger partial charge in [-0.1, -0.05) is 0 Å². The van der Waals surface area contributed by atoms with E-state index in [0.717, 1.165) is 16.2 Å². The summed E-state index contributed by atoms with van der Waals surface area (Å²) >= 11 is 1.09. The van der Waals surface area contributed by atoms with Gasteiger partial charge in [-0.3, -0.25) is 4.79 Å². The zero-order chi connectivity index (χ0) is 18.7. The highest BCUT2D eigenvalue weighted by atomic mass is 32.2. The summed E-state index contributed by atoms with van der Waals surface area (Å²) in [6.45, 7) is 1.55. The average molecular weight is 403 g/mol. The molecule has 2 rings (SSSR count). The van der Waals surface area contributed by atoms with E-state index in [1.165, 1.54) is 37.3 Å². The molecule has 1 aromatic carbocycles. The number of hydrogen-bond donors (Lipinski definition) is 2. The van der Waals surface area contributed by atoms with Gasteiger partial charge in [0.1, 0.15) is 4.21 Å². The number of nitrogens with two attached hydrogens (primary N) is 1. The van der Waals surface area contributed by atoms with Crippen molar-refractivity contribution >= 4 is 36.9 Å². The molecule has 0 saturated carbocycles. The smallest absolute Gasteiger partial charge is 0.216 e. The number of nitrogens with one attached hydrogen (secondary N) is 1. The lowest BCUT2D eigenvalue weighted by atomic mass is 10.4. The second-order valence-corrected chi connectivity index (χ2v) is 10.7. The Hall–Kier alpha value is -1.75. The molecule has 0 radical (unpaired) electrons. The molecular formula is C15H18N2O5S3. The van der Waals surface area contributed by atoms with Gasteiger partial charge in [-0.25, -0.2) is 16.8 Å². The van der Waals surface area contributed by atoms with Crippen LogP contribution in [0, 0.1) is 0 Å². The summed E-state index contributed by atoms with van der Waals surface area (Å²) in [5.41, 5.74) is 5.49. The van der Waals surface area contributed by atoms with E-state index >= 15 is 0 Å². The van der Waals surface area contributed by atoms with E-state index in [1.807, 2.05) is 0 Å². The van der Waals surface area contributed by atoms with Crippen LogP contribution in [-0.4, -0.2) is 35.0 Å². The number of benzene rings is 1. The minimum Gasteiger partial charge on any atom is -0.355 e. The Morgan fingerprint density at radius 3 is 2.16 bits per heavy atom. The van der Waals surface area contributed by atoms with Crippen molar-refractivity contribution in [2.75, 3.05) is 12.3 Å². The molecule has 136 valence electrons. The van der Waals surface area contributed by atoms with Gasteiger partial charge in [0.15, 0.2) is 9.84 Å². The highest BCUT2D eigenvalue weighted by Gasteiger charge is 2.21. The topological polar surface area (TPSA) is 123 Å². The number of carbonyl (C=O) groups is 1. The van der Waals surface area contributed by atoms with Crippen LogP contribution in [0.4, 0.5) is 0 Å². The SMILES string of the molecule is CC(=O)NCCS(=O)(=O)c1ccc(S(=O)(=O)c2ccc(CN)s2)cc1. The van der Waals surface area contributed by atoms with Crippen molar-refractivity contribution in [3.8, 4) is 0 Å². The molecular weight excluding hydrogens is 384 g/mol. The molecule has 0 bridgehead atoms. The molecule has 0 aliphatic rings. The van der Waals surface area contributed by atoms with Gasteiger partial charge < -0.3 is 11.1 Å². The van der Waals surface area contributed by atoms with E-state index < -0.39 is 19.7 Å². The monoisotopic (exact) mass is 402 g/mol. The predicted octanol–water partition coefficient (Wildman–Crippen LogP) is 0.949. The van der Waals surface area contributed by atoms with Crippen LogP contribution in [0.1, 0.15) is 11.8 Å². The molecule has 1 amide bonds. The molecule has 3 N–H and O–H groups in total. The number of amides is 1. The Morgan fingerprint density at radius 2 is 1.64 bits per heavy atom. The molecule has 10 heteroatoms. The van der Waals surface area contributed by atoms with E-state index in [0.29, 0.717) is 0 Å². The minimum absolute atomic E-state index is 0.00518. The average Bonchev–Trinajstić information content (AvgIpc) is 3.04. The van der Waals surface area contributed by atoms with Gasteiger partial charge in [0.05, 0.1) is 15.5 Å². The first kappa shape index (κ1) is 19.6. The Labute approximate surface area is 150 Å². The molecule has 0 atom stereocenters. The first-order chi connectivity index (χ1) is 11.7. The maximum atomic E-state index is 12.5. The second kappa shape index (κ2) is 7.65. The van der Waals surface area contributed by atoms with Crippen molar-refractivity contribution in [2.45, 2.75) is 27.5 Å². The number of thiophene rings is 1. The highest BCUT2D eigenvalue weighted by molar-refractivity contribution is 7.93. The van der Waals surface area contributed by atoms with E-state index in [2.05, 4.69) is 5.32 Å². The van der Waals surface area contributed by atoms with Crippen LogP contribution < -0.4 is 11.1 Å². The molecule has 2 aromatic rings. The third-order valence-electron chi connectivity index (χ3n) is 3.34. The third-order valence-corrected chi connectivity index (χ3v) is 8.44. The van der Waals surface area contributed by atoms with Crippen molar-refractivity contribution in [1.29, 1.82) is 0 Å². The van der Waals surface area contributed by atoms with Gasteiger partial charge in [0.25, 0.3) is 0 Å². The Kier molecular flexibility index (Phi) is 5.99. The minimum atomic E-state index is -3.71. The molecule has 0 spiro atoms. The third kappa shape index (κ3) is 4.66. The number of rotatable bonds is 7. The van der Waals surface area contributed by atoms with Crippen LogP contribution in [-0.2, 0) is 31.0 Å². The van der Waals surface area contributed by atoms with Crippen LogP contribution in [0.3, 0.4) is 0 Å². The first-order valence-corrected chi connectivity index (χ1v) is 11.2. The van der Waals surface area contributed by atoms with Crippen LogP contribution in [0.15, 0.2) is 50.4 Å². The van der Waals surface area contributed by atoms with Crippen molar-refractivity contribution in [3.63, 3.8) is 0 Å². The maximum absolute atomic E-state index is 12.5. The lowest BCUT2D eigenvalue weighted by Gasteiger charge is -2.07. The lowest BCUT2D eigenvalue weighted by Crippen LogP contribution is -2.26. The fourth-order valence-corrected chi connectivity index (χ4v) is 5.83. The summed E-state index contributed by atoms with van der Waals surface area (Å²) < 4.78 is 49.6. The zero-order valence-electron chi connectivity index (χ0n) is 13.4.